The van der Waals surface area contributed by atoms with E-state index in [0.29, 0.717) is 5.82 Å². The van der Waals surface area contributed by atoms with Crippen LogP contribution < -0.4 is 21.5 Å². The van der Waals surface area contributed by atoms with Crippen LogP contribution in [0.25, 0.3) is 5.65 Å². The van der Waals surface area contributed by atoms with E-state index in [1.807, 2.05) is 13.8 Å². The SMILES string of the molecule is CNc1cc(Nc2cccn(C(C)C)c2=O)nc2c(C(=O)NC3CC[C@]3(O)C(F)(F)F)cnn12. The van der Waals surface area contributed by atoms with Gasteiger partial charge in [-0.25, -0.2) is 4.98 Å². The average molecular weight is 479 g/mol. The van der Waals surface area contributed by atoms with Gasteiger partial charge in [0.05, 0.1) is 12.2 Å². The number of fused-ring (bicyclic) bond motifs is 1. The Hall–Kier alpha value is -3.61. The van der Waals surface area contributed by atoms with Crippen LogP contribution in [-0.4, -0.2) is 55.0 Å². The summed E-state index contributed by atoms with van der Waals surface area (Å²) in [7, 11) is 1.62. The molecule has 3 aromatic heterocycles. The number of rotatable bonds is 6. The summed E-state index contributed by atoms with van der Waals surface area (Å²) in [5, 5.41) is 22.1. The van der Waals surface area contributed by atoms with Crippen LogP contribution in [0.4, 0.5) is 30.5 Å². The average Bonchev–Trinajstić information content (AvgIpc) is 3.20. The summed E-state index contributed by atoms with van der Waals surface area (Å²) in [6.45, 7) is 3.74. The number of halogens is 3. The summed E-state index contributed by atoms with van der Waals surface area (Å²) >= 11 is 0. The highest BCUT2D eigenvalue weighted by molar-refractivity contribution is 6.00. The molecule has 0 bridgehead atoms. The number of aromatic nitrogens is 4. The molecule has 1 saturated carbocycles. The monoisotopic (exact) mass is 479 g/mol. The third-order valence-electron chi connectivity index (χ3n) is 5.95. The Bertz CT molecular complexity index is 1300. The second kappa shape index (κ2) is 8.31. The summed E-state index contributed by atoms with van der Waals surface area (Å²) in [6.07, 6.45) is -2.52. The highest BCUT2D eigenvalue weighted by atomic mass is 19.4. The molecule has 4 N–H and O–H groups in total. The maximum absolute atomic E-state index is 13.2. The Kier molecular flexibility index (Phi) is 5.75. The number of carbonyl (C=O) groups excluding carboxylic acids is 1. The van der Waals surface area contributed by atoms with Crippen molar-refractivity contribution in [2.75, 3.05) is 17.7 Å². The van der Waals surface area contributed by atoms with E-state index in [4.69, 9.17) is 0 Å². The summed E-state index contributed by atoms with van der Waals surface area (Å²) in [6, 6.07) is 3.33. The number of carbonyl (C=O) groups is 1. The smallest absolute Gasteiger partial charge is 0.379 e. The van der Waals surface area contributed by atoms with Crippen LogP contribution in [0.1, 0.15) is 43.1 Å². The van der Waals surface area contributed by atoms with Gasteiger partial charge in [-0.15, -0.1) is 0 Å². The number of pyridine rings is 1. The number of anilines is 3. The van der Waals surface area contributed by atoms with Crippen LogP contribution in [0.15, 0.2) is 35.4 Å². The first-order valence-corrected chi connectivity index (χ1v) is 10.6. The molecule has 4 rings (SSSR count). The van der Waals surface area contributed by atoms with Crippen LogP contribution in [0.3, 0.4) is 0 Å². The fourth-order valence-corrected chi connectivity index (χ4v) is 3.84. The number of nitrogens with one attached hydrogen (secondary N) is 3. The molecule has 0 saturated heterocycles. The molecule has 0 aromatic carbocycles. The molecule has 1 fully saturated rings. The van der Waals surface area contributed by atoms with Crippen molar-refractivity contribution in [2.45, 2.75) is 50.6 Å². The predicted octanol–water partition coefficient (Wildman–Crippen LogP) is 2.44. The lowest BCUT2D eigenvalue weighted by Crippen LogP contribution is -2.67. The van der Waals surface area contributed by atoms with Crippen molar-refractivity contribution in [3.8, 4) is 0 Å². The molecule has 0 aliphatic heterocycles. The molecular formula is C21H24F3N7O3. The minimum Gasteiger partial charge on any atom is -0.379 e. The molecule has 1 unspecified atom stereocenters. The molecule has 2 atom stereocenters. The third-order valence-corrected chi connectivity index (χ3v) is 5.95. The van der Waals surface area contributed by atoms with Crippen molar-refractivity contribution in [3.63, 3.8) is 0 Å². The van der Waals surface area contributed by atoms with Crippen LogP contribution in [-0.2, 0) is 0 Å². The number of hydrogen-bond acceptors (Lipinski definition) is 7. The second-order valence-corrected chi connectivity index (χ2v) is 8.41. The maximum Gasteiger partial charge on any atom is 0.419 e. The highest BCUT2D eigenvalue weighted by Gasteiger charge is 2.64. The Morgan fingerprint density at radius 2 is 2.09 bits per heavy atom. The molecule has 1 aliphatic rings. The van der Waals surface area contributed by atoms with Gasteiger partial charge in [0.25, 0.3) is 11.5 Å². The molecule has 3 heterocycles. The first kappa shape index (κ1) is 23.5. The lowest BCUT2D eigenvalue weighted by Gasteiger charge is -2.46. The van der Waals surface area contributed by atoms with Gasteiger partial charge in [0.2, 0.25) is 0 Å². The summed E-state index contributed by atoms with van der Waals surface area (Å²) in [5.41, 5.74) is -3.00. The molecular weight excluding hydrogens is 455 g/mol. The number of aliphatic hydroxyl groups is 1. The van der Waals surface area contributed by atoms with Crippen LogP contribution in [0, 0.1) is 0 Å². The Morgan fingerprint density at radius 1 is 1.35 bits per heavy atom. The van der Waals surface area contributed by atoms with Gasteiger partial charge in [-0.2, -0.15) is 22.8 Å². The van der Waals surface area contributed by atoms with Crippen LogP contribution in [0.2, 0.25) is 0 Å². The lowest BCUT2D eigenvalue weighted by atomic mass is 9.74. The van der Waals surface area contributed by atoms with Crippen molar-refractivity contribution in [1.29, 1.82) is 0 Å². The van der Waals surface area contributed by atoms with E-state index in [0.717, 1.165) is 0 Å². The molecule has 10 nitrogen and oxygen atoms in total. The fourth-order valence-electron chi connectivity index (χ4n) is 3.84. The Morgan fingerprint density at radius 3 is 2.68 bits per heavy atom. The summed E-state index contributed by atoms with van der Waals surface area (Å²) in [4.78, 5) is 29.9. The van der Waals surface area contributed by atoms with E-state index >= 15 is 0 Å². The minimum atomic E-state index is -4.86. The largest absolute Gasteiger partial charge is 0.419 e. The zero-order valence-corrected chi connectivity index (χ0v) is 18.6. The molecule has 1 aliphatic carbocycles. The van der Waals surface area contributed by atoms with Crippen molar-refractivity contribution in [1.82, 2.24) is 24.5 Å². The van der Waals surface area contributed by atoms with E-state index < -0.39 is 30.1 Å². The van der Waals surface area contributed by atoms with Crippen molar-refractivity contribution < 1.29 is 23.1 Å². The third kappa shape index (κ3) is 3.85. The van der Waals surface area contributed by atoms with E-state index in [-0.39, 0.29) is 40.7 Å². The Balaban J connectivity index is 1.67. The number of alkyl halides is 3. The molecule has 182 valence electrons. The van der Waals surface area contributed by atoms with E-state index in [2.05, 4.69) is 26.0 Å². The van der Waals surface area contributed by atoms with Crippen molar-refractivity contribution in [3.05, 3.63) is 46.5 Å². The summed E-state index contributed by atoms with van der Waals surface area (Å²) < 4.78 is 42.4. The van der Waals surface area contributed by atoms with Gasteiger partial charge in [-0.3, -0.25) is 9.59 Å². The second-order valence-electron chi connectivity index (χ2n) is 8.41. The fraction of sp³-hybridized carbons (Fsp3) is 0.429. The van der Waals surface area contributed by atoms with E-state index in [1.165, 1.54) is 15.3 Å². The zero-order valence-electron chi connectivity index (χ0n) is 18.6. The standard InChI is InChI=1S/C21H24F3N7O3/c1-11(2)30-8-4-5-13(19(30)33)27-15-9-16(25-3)31-17(29-15)12(10-26-31)18(32)28-14-6-7-20(14,34)21(22,23)24/h4-5,8-11,14,25,34H,6-7H2,1-3H3,(H,27,29)(H,28,32)/t14?,20-/m1/s1. The van der Waals surface area contributed by atoms with Gasteiger partial charge >= 0.3 is 6.18 Å². The van der Waals surface area contributed by atoms with E-state index in [9.17, 15) is 27.9 Å². The zero-order chi connectivity index (χ0) is 24.8. The van der Waals surface area contributed by atoms with E-state index in [1.54, 1.807) is 31.4 Å². The number of hydrogen-bond donors (Lipinski definition) is 4. The maximum atomic E-state index is 13.2. The van der Waals surface area contributed by atoms with Gasteiger partial charge in [0, 0.05) is 25.4 Å². The van der Waals surface area contributed by atoms with Gasteiger partial charge in [-0.1, -0.05) is 0 Å². The first-order valence-electron chi connectivity index (χ1n) is 10.6. The van der Waals surface area contributed by atoms with Crippen molar-refractivity contribution in [2.24, 2.45) is 0 Å². The highest BCUT2D eigenvalue weighted by Crippen LogP contribution is 2.45. The normalized spacial score (nSPS) is 20.3. The molecule has 3 aromatic rings. The van der Waals surface area contributed by atoms with Gasteiger partial charge in [-0.05, 0) is 38.8 Å². The molecule has 34 heavy (non-hydrogen) atoms. The topological polar surface area (TPSA) is 126 Å². The van der Waals surface area contributed by atoms with Gasteiger partial charge < -0.3 is 25.6 Å². The van der Waals surface area contributed by atoms with Crippen LogP contribution >= 0.6 is 0 Å². The molecule has 13 heteroatoms. The van der Waals surface area contributed by atoms with Gasteiger partial charge in [0.1, 0.15) is 22.9 Å². The van der Waals surface area contributed by atoms with Crippen LogP contribution in [0.5, 0.6) is 0 Å². The predicted molar refractivity (Wildman–Crippen MR) is 118 cm³/mol. The molecule has 1 amide bonds. The quantitative estimate of drug-likeness (QED) is 0.428. The first-order chi connectivity index (χ1) is 16.0. The Labute approximate surface area is 191 Å². The summed E-state index contributed by atoms with van der Waals surface area (Å²) in [5.74, 6) is -0.210. The lowest BCUT2D eigenvalue weighted by molar-refractivity contribution is -0.296. The number of nitrogens with zero attached hydrogens (tertiary/aromatic N) is 4. The van der Waals surface area contributed by atoms with Crippen molar-refractivity contribution >= 4 is 28.9 Å². The molecule has 0 radical (unpaired) electrons. The van der Waals surface area contributed by atoms with Gasteiger partial charge in [0.15, 0.2) is 11.2 Å². The number of amides is 1. The molecule has 0 spiro atoms. The minimum absolute atomic E-state index is 0.0148.